The molecule has 0 aliphatic heterocycles. The van der Waals surface area contributed by atoms with Crippen LogP contribution in [0.25, 0.3) is 0 Å². The third-order valence-electron chi connectivity index (χ3n) is 5.83. The van der Waals surface area contributed by atoms with Crippen molar-refractivity contribution in [2.45, 2.75) is 78.1 Å². The van der Waals surface area contributed by atoms with Crippen molar-refractivity contribution < 1.29 is 19.1 Å². The number of esters is 1. The van der Waals surface area contributed by atoms with Gasteiger partial charge in [0.2, 0.25) is 0 Å². The number of methoxy groups -OCH3 is 1. The zero-order chi connectivity index (χ0) is 23.7. The molecule has 1 aliphatic rings. The van der Waals surface area contributed by atoms with E-state index in [0.29, 0.717) is 16.3 Å². The summed E-state index contributed by atoms with van der Waals surface area (Å²) in [5, 5.41) is 3.47. The molecule has 1 aromatic carbocycles. The van der Waals surface area contributed by atoms with Crippen LogP contribution in [0.2, 0.25) is 0 Å². The van der Waals surface area contributed by atoms with Gasteiger partial charge < -0.3 is 14.8 Å². The number of aryl methyl sites for hydroxylation is 1. The number of hydrogen-bond donors (Lipinski definition) is 1. The third kappa shape index (κ3) is 5.34. The van der Waals surface area contributed by atoms with E-state index in [1.54, 1.807) is 0 Å². The Kier molecular flexibility index (Phi) is 7.03. The van der Waals surface area contributed by atoms with Gasteiger partial charge in [-0.3, -0.25) is 4.79 Å². The number of carbonyl (C=O) groups excluding carboxylic acids is 2. The van der Waals surface area contributed by atoms with Crippen molar-refractivity contribution in [3.63, 3.8) is 0 Å². The monoisotopic (exact) mass is 457 g/mol. The fraction of sp³-hybridized carbons (Fsp3) is 0.538. The molecule has 3 rings (SSSR count). The molecular formula is C26H35NO4S. The van der Waals surface area contributed by atoms with E-state index in [-0.39, 0.29) is 23.3 Å². The van der Waals surface area contributed by atoms with Crippen molar-refractivity contribution in [2.75, 3.05) is 19.0 Å². The lowest BCUT2D eigenvalue weighted by Gasteiger charge is -2.27. The quantitative estimate of drug-likeness (QED) is 0.557. The van der Waals surface area contributed by atoms with Gasteiger partial charge in [-0.05, 0) is 59.3 Å². The molecule has 1 aromatic heterocycles. The summed E-state index contributed by atoms with van der Waals surface area (Å²) in [6, 6.07) is 6.19. The molecule has 0 radical (unpaired) electrons. The molecule has 1 amide bonds. The van der Waals surface area contributed by atoms with Crippen LogP contribution in [0.1, 0.15) is 86.3 Å². The van der Waals surface area contributed by atoms with E-state index < -0.39 is 5.97 Å². The van der Waals surface area contributed by atoms with Crippen LogP contribution in [0.3, 0.4) is 0 Å². The van der Waals surface area contributed by atoms with Gasteiger partial charge in [-0.15, -0.1) is 11.3 Å². The molecule has 0 unspecified atom stereocenters. The number of ether oxygens (including phenoxy) is 2. The lowest BCUT2D eigenvalue weighted by molar-refractivity contribution is -0.118. The average Bonchev–Trinajstić information content (AvgIpc) is 3.07. The summed E-state index contributed by atoms with van der Waals surface area (Å²) in [7, 11) is 1.37. The smallest absolute Gasteiger partial charge is 0.341 e. The van der Waals surface area contributed by atoms with Crippen LogP contribution in [0.15, 0.2) is 18.2 Å². The largest absolute Gasteiger partial charge is 0.483 e. The summed E-state index contributed by atoms with van der Waals surface area (Å²) < 4.78 is 11.0. The molecule has 0 atom stereocenters. The normalized spacial score (nSPS) is 14.0. The molecule has 6 heteroatoms. The van der Waals surface area contributed by atoms with Crippen LogP contribution in [-0.4, -0.2) is 25.6 Å². The third-order valence-corrected chi connectivity index (χ3v) is 7.03. The van der Waals surface area contributed by atoms with Crippen LogP contribution >= 0.6 is 11.3 Å². The first kappa shape index (κ1) is 24.3. The zero-order valence-electron chi connectivity index (χ0n) is 20.3. The van der Waals surface area contributed by atoms with Gasteiger partial charge in [0, 0.05) is 4.88 Å². The van der Waals surface area contributed by atoms with Crippen molar-refractivity contribution >= 4 is 28.2 Å². The van der Waals surface area contributed by atoms with Crippen molar-refractivity contribution in [3.05, 3.63) is 45.3 Å². The maximum Gasteiger partial charge on any atom is 0.341 e. The van der Waals surface area contributed by atoms with Crippen LogP contribution in [-0.2, 0) is 33.2 Å². The Bertz CT molecular complexity index is 1010. The Labute approximate surface area is 195 Å². The van der Waals surface area contributed by atoms with Gasteiger partial charge in [-0.25, -0.2) is 4.79 Å². The number of amides is 1. The molecule has 0 fully saturated rings. The lowest BCUT2D eigenvalue weighted by Crippen LogP contribution is -2.23. The number of benzene rings is 1. The summed E-state index contributed by atoms with van der Waals surface area (Å²) in [5.41, 5.74) is 3.73. The predicted octanol–water partition coefficient (Wildman–Crippen LogP) is 6.03. The average molecular weight is 458 g/mol. The van der Waals surface area contributed by atoms with E-state index in [0.717, 1.165) is 36.8 Å². The fourth-order valence-electron chi connectivity index (χ4n) is 3.99. The number of anilines is 1. The van der Waals surface area contributed by atoms with E-state index in [2.05, 4.69) is 59.0 Å². The SMILES string of the molecule is COC(=O)c1c(NC(=O)COc2ccc(C(C)(C)C)cc2C(C)(C)C)sc2c1CCCC2. The molecule has 0 saturated carbocycles. The predicted molar refractivity (Wildman–Crippen MR) is 130 cm³/mol. The summed E-state index contributed by atoms with van der Waals surface area (Å²) in [4.78, 5) is 26.3. The fourth-order valence-corrected chi connectivity index (χ4v) is 5.28. The van der Waals surface area contributed by atoms with Gasteiger partial charge in [0.25, 0.3) is 5.91 Å². The number of fused-ring (bicyclic) bond motifs is 1. The zero-order valence-corrected chi connectivity index (χ0v) is 21.1. The van der Waals surface area contributed by atoms with E-state index in [1.807, 2.05) is 6.07 Å². The highest BCUT2D eigenvalue weighted by Gasteiger charge is 2.27. The van der Waals surface area contributed by atoms with Crippen LogP contribution in [0.4, 0.5) is 5.00 Å². The van der Waals surface area contributed by atoms with Crippen molar-refractivity contribution in [1.82, 2.24) is 0 Å². The summed E-state index contributed by atoms with van der Waals surface area (Å²) in [6.07, 6.45) is 3.93. The molecule has 2 aromatic rings. The minimum absolute atomic E-state index is 0.0263. The first-order valence-corrected chi connectivity index (χ1v) is 12.0. The molecule has 5 nitrogen and oxygen atoms in total. The second-order valence-electron chi connectivity index (χ2n) is 10.5. The Morgan fingerprint density at radius 3 is 2.34 bits per heavy atom. The lowest BCUT2D eigenvalue weighted by atomic mass is 9.80. The van der Waals surface area contributed by atoms with Crippen molar-refractivity contribution in [1.29, 1.82) is 0 Å². The first-order valence-electron chi connectivity index (χ1n) is 11.2. The molecule has 1 N–H and O–H groups in total. The molecule has 0 spiro atoms. The van der Waals surface area contributed by atoms with E-state index in [4.69, 9.17) is 9.47 Å². The second kappa shape index (κ2) is 9.26. The van der Waals surface area contributed by atoms with Gasteiger partial charge in [0.1, 0.15) is 10.8 Å². The van der Waals surface area contributed by atoms with Gasteiger partial charge >= 0.3 is 5.97 Å². The molecule has 0 saturated heterocycles. The highest BCUT2D eigenvalue weighted by molar-refractivity contribution is 7.17. The van der Waals surface area contributed by atoms with Gasteiger partial charge in [0.15, 0.2) is 6.61 Å². The Morgan fingerprint density at radius 2 is 1.72 bits per heavy atom. The topological polar surface area (TPSA) is 64.6 Å². The number of nitrogens with one attached hydrogen (secondary N) is 1. The standard InChI is InChI=1S/C26H35NO4S/c1-25(2,3)16-12-13-19(18(14-16)26(4,5)6)31-15-21(28)27-23-22(24(29)30-7)17-10-8-9-11-20(17)32-23/h12-14H,8-11,15H2,1-7H3,(H,27,28). The van der Waals surface area contributed by atoms with Gasteiger partial charge in [-0.1, -0.05) is 53.7 Å². The van der Waals surface area contributed by atoms with Gasteiger partial charge in [-0.2, -0.15) is 0 Å². The minimum Gasteiger partial charge on any atom is -0.483 e. The Hall–Kier alpha value is -2.34. The minimum atomic E-state index is -0.395. The summed E-state index contributed by atoms with van der Waals surface area (Å²) in [5.74, 6) is 0.0289. The van der Waals surface area contributed by atoms with Gasteiger partial charge in [0.05, 0.1) is 12.7 Å². The highest BCUT2D eigenvalue weighted by atomic mass is 32.1. The van der Waals surface area contributed by atoms with Crippen LogP contribution < -0.4 is 10.1 Å². The second-order valence-corrected chi connectivity index (χ2v) is 11.6. The Morgan fingerprint density at radius 1 is 1.03 bits per heavy atom. The van der Waals surface area contributed by atoms with Crippen LogP contribution in [0.5, 0.6) is 5.75 Å². The maximum absolute atomic E-state index is 12.8. The Balaban J connectivity index is 1.79. The number of thiophene rings is 1. The molecule has 0 bridgehead atoms. The number of hydrogen-bond acceptors (Lipinski definition) is 5. The molecule has 174 valence electrons. The molecular weight excluding hydrogens is 422 g/mol. The summed E-state index contributed by atoms with van der Waals surface area (Å²) in [6.45, 7) is 12.8. The molecule has 32 heavy (non-hydrogen) atoms. The highest BCUT2D eigenvalue weighted by Crippen LogP contribution is 2.39. The van der Waals surface area contributed by atoms with E-state index in [9.17, 15) is 9.59 Å². The van der Waals surface area contributed by atoms with Crippen molar-refractivity contribution in [3.8, 4) is 5.75 Å². The van der Waals surface area contributed by atoms with Crippen molar-refractivity contribution in [2.24, 2.45) is 0 Å². The summed E-state index contributed by atoms with van der Waals surface area (Å²) >= 11 is 1.48. The van der Waals surface area contributed by atoms with Crippen LogP contribution in [0, 0.1) is 0 Å². The molecule has 1 aliphatic carbocycles. The molecule has 1 heterocycles. The number of rotatable bonds is 5. The number of carbonyl (C=O) groups is 2. The first-order chi connectivity index (χ1) is 14.9. The van der Waals surface area contributed by atoms with E-state index >= 15 is 0 Å². The maximum atomic E-state index is 12.8. The van der Waals surface area contributed by atoms with E-state index in [1.165, 1.54) is 28.9 Å².